The Morgan fingerprint density at radius 1 is 0.735 bits per heavy atom. The molecule has 3 heteroatoms. The van der Waals surface area contributed by atoms with E-state index in [1.165, 1.54) is 58.0 Å². The molecule has 0 aliphatic carbocycles. The molecule has 0 radical (unpaired) electrons. The van der Waals surface area contributed by atoms with E-state index < -0.39 is 8.07 Å². The zero-order chi connectivity index (χ0) is 23.6. The summed E-state index contributed by atoms with van der Waals surface area (Å²) in [5, 5.41) is 9.54. The number of aromatic nitrogens is 1. The minimum Gasteiger partial charge on any atom is -0.256 e. The summed E-state index contributed by atoms with van der Waals surface area (Å²) in [6.07, 6.45) is 1.95. The average molecular weight is 476 g/mol. The summed E-state index contributed by atoms with van der Waals surface area (Å²) in [6.45, 7) is 11.7. The van der Waals surface area contributed by atoms with Gasteiger partial charge in [0, 0.05) is 31.9 Å². The second-order valence-electron chi connectivity index (χ2n) is 10.7. The molecule has 0 saturated heterocycles. The van der Waals surface area contributed by atoms with Gasteiger partial charge < -0.3 is 0 Å². The molecule has 0 aliphatic rings. The number of nitrogens with zero attached hydrogens (tertiary/aromatic N) is 1. The Kier molecular flexibility index (Phi) is 4.91. The lowest BCUT2D eigenvalue weighted by Crippen LogP contribution is -2.37. The lowest BCUT2D eigenvalue weighted by molar-refractivity contribution is 0.864. The Balaban J connectivity index is 1.60. The van der Waals surface area contributed by atoms with Gasteiger partial charge in [-0.1, -0.05) is 87.2 Å². The molecular weight excluding hydrogens is 447 g/mol. The average Bonchev–Trinajstić information content (AvgIpc) is 3.19. The maximum atomic E-state index is 4.75. The molecule has 0 fully saturated rings. The Labute approximate surface area is 206 Å². The molecule has 0 aliphatic heterocycles. The van der Waals surface area contributed by atoms with Crippen LogP contribution in [0, 0.1) is 0 Å². The van der Waals surface area contributed by atoms with Crippen molar-refractivity contribution in [2.24, 2.45) is 0 Å². The second kappa shape index (κ2) is 7.76. The highest BCUT2D eigenvalue weighted by molar-refractivity contribution is 7.26. The van der Waals surface area contributed by atoms with Crippen LogP contribution in [0.25, 0.3) is 53.0 Å². The quantitative estimate of drug-likeness (QED) is 0.184. The minimum atomic E-state index is -1.34. The predicted octanol–water partition coefficient (Wildman–Crippen LogP) is 9.09. The normalized spacial score (nSPS) is 12.5. The van der Waals surface area contributed by atoms with Gasteiger partial charge in [0.2, 0.25) is 0 Å². The molecule has 2 heterocycles. The topological polar surface area (TPSA) is 12.9 Å². The number of benzene rings is 4. The summed E-state index contributed by atoms with van der Waals surface area (Å²) >= 11 is 1.90. The van der Waals surface area contributed by atoms with Crippen molar-refractivity contribution in [1.29, 1.82) is 0 Å². The van der Waals surface area contributed by atoms with Gasteiger partial charge in [0.15, 0.2) is 0 Å². The first kappa shape index (κ1) is 21.5. The van der Waals surface area contributed by atoms with Gasteiger partial charge >= 0.3 is 0 Å². The number of hydrogen-bond acceptors (Lipinski definition) is 2. The highest BCUT2D eigenvalue weighted by atomic mass is 32.1. The van der Waals surface area contributed by atoms with E-state index in [-0.39, 0.29) is 0 Å². The van der Waals surface area contributed by atoms with Crippen LogP contribution in [0.3, 0.4) is 0 Å². The van der Waals surface area contributed by atoms with Crippen LogP contribution in [-0.4, -0.2) is 13.1 Å². The molecule has 0 saturated carbocycles. The molecule has 34 heavy (non-hydrogen) atoms. The fraction of sp³-hybridized carbons (Fsp3) is 0.194. The van der Waals surface area contributed by atoms with E-state index >= 15 is 0 Å². The molecule has 0 atom stereocenters. The second-order valence-corrected chi connectivity index (χ2v) is 16.9. The summed E-state index contributed by atoms with van der Waals surface area (Å²) in [7, 11) is -1.34. The third-order valence-electron chi connectivity index (χ3n) is 7.05. The SMILES string of the molecule is CC(C)c1ccnc(-c2cccc3c2sc2cc4c(ccc5cc([Si](C)(C)C)ccc54)cc23)c1. The molecule has 4 aromatic carbocycles. The summed E-state index contributed by atoms with van der Waals surface area (Å²) in [6, 6.07) is 27.6. The molecule has 0 bridgehead atoms. The fourth-order valence-corrected chi connectivity index (χ4v) is 7.40. The van der Waals surface area contributed by atoms with Crippen molar-refractivity contribution in [3.8, 4) is 11.3 Å². The number of thiophene rings is 1. The maximum absolute atomic E-state index is 4.75. The molecule has 0 N–H and O–H groups in total. The van der Waals surface area contributed by atoms with Crippen LogP contribution in [0.15, 0.2) is 79.0 Å². The smallest absolute Gasteiger partial charge is 0.0776 e. The van der Waals surface area contributed by atoms with Gasteiger partial charge in [0.25, 0.3) is 0 Å². The van der Waals surface area contributed by atoms with Crippen LogP contribution in [0.1, 0.15) is 25.3 Å². The first-order chi connectivity index (χ1) is 16.3. The van der Waals surface area contributed by atoms with Gasteiger partial charge in [-0.05, 0) is 57.3 Å². The van der Waals surface area contributed by atoms with Gasteiger partial charge in [-0.3, -0.25) is 4.98 Å². The molecule has 2 aromatic heterocycles. The Morgan fingerprint density at radius 2 is 1.53 bits per heavy atom. The van der Waals surface area contributed by atoms with Gasteiger partial charge in [-0.15, -0.1) is 11.3 Å². The van der Waals surface area contributed by atoms with E-state index in [4.69, 9.17) is 4.98 Å². The Morgan fingerprint density at radius 3 is 2.29 bits per heavy atom. The molecule has 6 aromatic rings. The lowest BCUT2D eigenvalue weighted by Gasteiger charge is -2.17. The van der Waals surface area contributed by atoms with Crippen molar-refractivity contribution in [3.05, 3.63) is 84.6 Å². The number of pyridine rings is 1. The number of fused-ring (bicyclic) bond motifs is 6. The van der Waals surface area contributed by atoms with Crippen molar-refractivity contribution in [3.63, 3.8) is 0 Å². The van der Waals surface area contributed by atoms with Crippen molar-refractivity contribution >= 4 is 66.3 Å². The summed E-state index contributed by atoms with van der Waals surface area (Å²) < 4.78 is 2.67. The van der Waals surface area contributed by atoms with Gasteiger partial charge in [-0.2, -0.15) is 0 Å². The zero-order valence-electron chi connectivity index (χ0n) is 20.4. The van der Waals surface area contributed by atoms with Crippen LogP contribution in [0.5, 0.6) is 0 Å². The van der Waals surface area contributed by atoms with Crippen LogP contribution in [-0.2, 0) is 0 Å². The van der Waals surface area contributed by atoms with E-state index in [2.05, 4.69) is 106 Å². The van der Waals surface area contributed by atoms with Gasteiger partial charge in [-0.25, -0.2) is 0 Å². The lowest BCUT2D eigenvalue weighted by atomic mass is 9.98. The third-order valence-corrected chi connectivity index (χ3v) is 10.3. The monoisotopic (exact) mass is 475 g/mol. The maximum Gasteiger partial charge on any atom is 0.0776 e. The van der Waals surface area contributed by atoms with Gasteiger partial charge in [0.05, 0.1) is 13.8 Å². The van der Waals surface area contributed by atoms with E-state index in [1.54, 1.807) is 0 Å². The molecule has 0 unspecified atom stereocenters. The predicted molar refractivity (Wildman–Crippen MR) is 155 cm³/mol. The van der Waals surface area contributed by atoms with Crippen LogP contribution < -0.4 is 5.19 Å². The summed E-state index contributed by atoms with van der Waals surface area (Å²) in [5.41, 5.74) is 3.63. The number of hydrogen-bond donors (Lipinski definition) is 0. The first-order valence-electron chi connectivity index (χ1n) is 12.1. The van der Waals surface area contributed by atoms with Crippen molar-refractivity contribution in [1.82, 2.24) is 4.98 Å². The van der Waals surface area contributed by atoms with Crippen molar-refractivity contribution in [2.75, 3.05) is 0 Å². The molecule has 0 amide bonds. The van der Waals surface area contributed by atoms with E-state index in [9.17, 15) is 0 Å². The molecule has 0 spiro atoms. The molecule has 1 nitrogen and oxygen atoms in total. The van der Waals surface area contributed by atoms with Crippen molar-refractivity contribution < 1.29 is 0 Å². The van der Waals surface area contributed by atoms with E-state index in [0.717, 1.165) is 5.69 Å². The van der Waals surface area contributed by atoms with Crippen LogP contribution in [0.4, 0.5) is 0 Å². The standard InChI is InChI=1S/C31H29NSSi/c1-19(2)20-13-14-32-29(17-20)26-8-6-7-25-28-16-22-10-9-21-15-23(34(3,4)5)11-12-24(21)27(22)18-30(28)33-31(25)26/h6-19H,1-5H3. The summed E-state index contributed by atoms with van der Waals surface area (Å²) in [4.78, 5) is 4.75. The largest absolute Gasteiger partial charge is 0.256 e. The Hall–Kier alpha value is -3.01. The first-order valence-corrected chi connectivity index (χ1v) is 16.4. The Bertz CT molecular complexity index is 1720. The van der Waals surface area contributed by atoms with Crippen LogP contribution in [0.2, 0.25) is 19.6 Å². The van der Waals surface area contributed by atoms with Crippen molar-refractivity contribution in [2.45, 2.75) is 39.4 Å². The van der Waals surface area contributed by atoms with Crippen LogP contribution >= 0.6 is 11.3 Å². The highest BCUT2D eigenvalue weighted by Crippen LogP contribution is 2.42. The van der Waals surface area contributed by atoms with Gasteiger partial charge in [0.1, 0.15) is 0 Å². The van der Waals surface area contributed by atoms with E-state index in [1.807, 2.05) is 17.5 Å². The van der Waals surface area contributed by atoms with E-state index in [0.29, 0.717) is 5.92 Å². The third kappa shape index (κ3) is 3.46. The minimum absolute atomic E-state index is 0.489. The fourth-order valence-electron chi connectivity index (χ4n) is 4.98. The molecule has 168 valence electrons. The highest BCUT2D eigenvalue weighted by Gasteiger charge is 2.17. The molecule has 6 rings (SSSR count). The number of rotatable bonds is 3. The zero-order valence-corrected chi connectivity index (χ0v) is 22.3. The summed E-state index contributed by atoms with van der Waals surface area (Å²) in [5.74, 6) is 0.489. The molecular formula is C31H29NSSi.